The average Bonchev–Trinajstić information content (AvgIpc) is 2.40. The highest BCUT2D eigenvalue weighted by Crippen LogP contribution is 2.23. The topological polar surface area (TPSA) is 88.7 Å². The third kappa shape index (κ3) is 3.24. The number of benzene rings is 1. The van der Waals surface area contributed by atoms with E-state index in [1.54, 1.807) is 24.3 Å². The molecule has 1 aromatic carbocycles. The molecular formula is C12H9ClN4O. The van der Waals surface area contributed by atoms with E-state index in [9.17, 15) is 4.79 Å². The number of carbonyl (C=O) groups is 1. The van der Waals surface area contributed by atoms with Gasteiger partial charge in [-0.1, -0.05) is 11.6 Å². The van der Waals surface area contributed by atoms with Crippen molar-refractivity contribution < 1.29 is 4.79 Å². The van der Waals surface area contributed by atoms with Crippen LogP contribution >= 0.6 is 11.6 Å². The summed E-state index contributed by atoms with van der Waals surface area (Å²) in [7, 11) is 1.52. The summed E-state index contributed by atoms with van der Waals surface area (Å²) in [5, 5.41) is 22.7. The van der Waals surface area contributed by atoms with Crippen LogP contribution in [0.1, 0.15) is 10.4 Å². The molecule has 1 rings (SSSR count). The van der Waals surface area contributed by atoms with Gasteiger partial charge in [-0.2, -0.15) is 10.5 Å². The third-order valence-corrected chi connectivity index (χ3v) is 2.40. The number of rotatable bonds is 3. The number of nitrogens with zero attached hydrogens (tertiary/aromatic N) is 2. The van der Waals surface area contributed by atoms with Crippen LogP contribution in [0.2, 0.25) is 5.02 Å². The van der Waals surface area contributed by atoms with Gasteiger partial charge in [-0.25, -0.2) is 0 Å². The summed E-state index contributed by atoms with van der Waals surface area (Å²) in [6.45, 7) is 0. The second-order valence-corrected chi connectivity index (χ2v) is 3.61. The Hall–Kier alpha value is -2.50. The number of halogens is 1. The number of amides is 1. The van der Waals surface area contributed by atoms with E-state index in [4.69, 9.17) is 22.1 Å². The lowest BCUT2D eigenvalue weighted by Gasteiger charge is -2.06. The van der Waals surface area contributed by atoms with Crippen LogP contribution in [0, 0.1) is 22.7 Å². The lowest BCUT2D eigenvalue weighted by atomic mass is 10.2. The molecule has 0 radical (unpaired) electrons. The maximum atomic E-state index is 11.4. The van der Waals surface area contributed by atoms with E-state index in [-0.39, 0.29) is 11.5 Å². The van der Waals surface area contributed by atoms with Gasteiger partial charge in [0.15, 0.2) is 0 Å². The van der Waals surface area contributed by atoms with Crippen molar-refractivity contribution in [2.45, 2.75) is 0 Å². The molecule has 0 heterocycles. The Morgan fingerprint density at radius 1 is 1.39 bits per heavy atom. The minimum absolute atomic E-state index is 0.0867. The lowest BCUT2D eigenvalue weighted by Crippen LogP contribution is -2.17. The van der Waals surface area contributed by atoms with Crippen molar-refractivity contribution >= 4 is 23.2 Å². The number of allylic oxidation sites excluding steroid dienone is 1. The Morgan fingerprint density at radius 2 is 2.06 bits per heavy atom. The zero-order valence-electron chi connectivity index (χ0n) is 9.49. The molecule has 0 spiro atoms. The highest BCUT2D eigenvalue weighted by Gasteiger charge is 2.06. The average molecular weight is 261 g/mol. The molecule has 1 amide bonds. The number of anilines is 1. The van der Waals surface area contributed by atoms with E-state index >= 15 is 0 Å². The normalized spacial score (nSPS) is 8.67. The van der Waals surface area contributed by atoms with Gasteiger partial charge in [-0.15, -0.1) is 0 Å². The molecule has 2 N–H and O–H groups in total. The summed E-state index contributed by atoms with van der Waals surface area (Å²) < 4.78 is 0. The Balaban J connectivity index is 3.03. The van der Waals surface area contributed by atoms with Crippen molar-refractivity contribution in [1.82, 2.24) is 5.32 Å². The number of hydrogen-bond donors (Lipinski definition) is 2. The molecule has 0 saturated carbocycles. The fraction of sp³-hybridized carbons (Fsp3) is 0.0833. The van der Waals surface area contributed by atoms with Crippen molar-refractivity contribution in [2.75, 3.05) is 12.4 Å². The van der Waals surface area contributed by atoms with E-state index in [1.807, 2.05) is 0 Å². The first-order valence-electron chi connectivity index (χ1n) is 4.91. The van der Waals surface area contributed by atoms with Gasteiger partial charge < -0.3 is 10.6 Å². The van der Waals surface area contributed by atoms with Crippen LogP contribution in [0.15, 0.2) is 30.0 Å². The number of carbonyl (C=O) groups excluding carboxylic acids is 1. The van der Waals surface area contributed by atoms with Gasteiger partial charge >= 0.3 is 0 Å². The summed E-state index contributed by atoms with van der Waals surface area (Å²) in [4.78, 5) is 11.4. The molecule has 0 atom stereocenters. The molecule has 0 aliphatic carbocycles. The molecule has 0 aromatic heterocycles. The van der Waals surface area contributed by atoms with E-state index in [2.05, 4.69) is 10.6 Å². The summed E-state index contributed by atoms with van der Waals surface area (Å²) in [6, 6.07) is 8.07. The van der Waals surface area contributed by atoms with Crippen molar-refractivity contribution in [2.24, 2.45) is 0 Å². The van der Waals surface area contributed by atoms with Gasteiger partial charge in [0.2, 0.25) is 0 Å². The Labute approximate surface area is 109 Å². The van der Waals surface area contributed by atoms with Crippen LogP contribution in [0.4, 0.5) is 5.69 Å². The van der Waals surface area contributed by atoms with E-state index in [0.717, 1.165) is 0 Å². The molecule has 18 heavy (non-hydrogen) atoms. The maximum Gasteiger partial charge on any atom is 0.251 e. The summed E-state index contributed by atoms with van der Waals surface area (Å²) in [5.74, 6) is -0.250. The molecule has 0 unspecified atom stereocenters. The molecule has 0 aliphatic heterocycles. The Bertz CT molecular complexity index is 565. The fourth-order valence-electron chi connectivity index (χ4n) is 1.16. The van der Waals surface area contributed by atoms with Crippen LogP contribution in [0.25, 0.3) is 0 Å². The largest absolute Gasteiger partial charge is 0.359 e. The zero-order valence-corrected chi connectivity index (χ0v) is 10.2. The van der Waals surface area contributed by atoms with Crippen molar-refractivity contribution in [3.8, 4) is 12.1 Å². The third-order valence-electron chi connectivity index (χ3n) is 2.07. The van der Waals surface area contributed by atoms with Crippen LogP contribution < -0.4 is 10.6 Å². The molecule has 0 aliphatic rings. The maximum absolute atomic E-state index is 11.4. The molecule has 1 aromatic rings. The first-order valence-corrected chi connectivity index (χ1v) is 5.28. The van der Waals surface area contributed by atoms with E-state index < -0.39 is 0 Å². The molecule has 90 valence electrons. The first kappa shape index (κ1) is 13.6. The van der Waals surface area contributed by atoms with Crippen LogP contribution in [0.5, 0.6) is 0 Å². The minimum atomic E-state index is -0.250. The van der Waals surface area contributed by atoms with Crippen molar-refractivity contribution in [3.63, 3.8) is 0 Å². The van der Waals surface area contributed by atoms with Gasteiger partial charge in [0.25, 0.3) is 5.91 Å². The van der Waals surface area contributed by atoms with E-state index in [0.29, 0.717) is 16.3 Å². The summed E-state index contributed by atoms with van der Waals surface area (Å²) in [6.07, 6.45) is 1.23. The number of nitrogens with one attached hydrogen (secondary N) is 2. The Kier molecular flexibility index (Phi) is 4.74. The predicted octanol–water partition coefficient (Wildman–Crippen LogP) is 2.04. The van der Waals surface area contributed by atoms with Gasteiger partial charge in [0.1, 0.15) is 17.7 Å². The zero-order chi connectivity index (χ0) is 13.5. The molecular weight excluding hydrogens is 252 g/mol. The molecule has 0 saturated heterocycles. The van der Waals surface area contributed by atoms with Crippen molar-refractivity contribution in [1.29, 1.82) is 10.5 Å². The SMILES string of the molecule is CNC(=O)c1ccc(Cl)c(NC=C(C#N)C#N)c1. The summed E-state index contributed by atoms with van der Waals surface area (Å²) in [5.41, 5.74) is 0.783. The number of hydrogen-bond acceptors (Lipinski definition) is 4. The smallest absolute Gasteiger partial charge is 0.251 e. The second-order valence-electron chi connectivity index (χ2n) is 3.20. The highest BCUT2D eigenvalue weighted by atomic mass is 35.5. The van der Waals surface area contributed by atoms with E-state index in [1.165, 1.54) is 19.3 Å². The van der Waals surface area contributed by atoms with Crippen LogP contribution in [-0.4, -0.2) is 13.0 Å². The molecule has 0 fully saturated rings. The standard InChI is InChI=1S/C12H9ClN4O/c1-16-12(18)9-2-3-10(13)11(4-9)17-7-8(5-14)6-15/h2-4,7,17H,1H3,(H,16,18). The quantitative estimate of drug-likeness (QED) is 0.814. The van der Waals surface area contributed by atoms with Crippen LogP contribution in [0.3, 0.4) is 0 Å². The van der Waals surface area contributed by atoms with Gasteiger partial charge in [0, 0.05) is 18.8 Å². The van der Waals surface area contributed by atoms with Gasteiger partial charge in [-0.05, 0) is 18.2 Å². The minimum Gasteiger partial charge on any atom is -0.359 e. The van der Waals surface area contributed by atoms with Gasteiger partial charge in [0.05, 0.1) is 10.7 Å². The molecule has 5 nitrogen and oxygen atoms in total. The Morgan fingerprint density at radius 3 is 2.61 bits per heavy atom. The highest BCUT2D eigenvalue weighted by molar-refractivity contribution is 6.33. The second kappa shape index (κ2) is 6.29. The molecule has 6 heteroatoms. The van der Waals surface area contributed by atoms with Crippen molar-refractivity contribution in [3.05, 3.63) is 40.6 Å². The molecule has 0 bridgehead atoms. The predicted molar refractivity (Wildman–Crippen MR) is 67.8 cm³/mol. The van der Waals surface area contributed by atoms with Gasteiger partial charge in [-0.3, -0.25) is 4.79 Å². The number of nitriles is 2. The monoisotopic (exact) mass is 260 g/mol. The van der Waals surface area contributed by atoms with Crippen LogP contribution in [-0.2, 0) is 0 Å². The first-order chi connectivity index (χ1) is 8.62. The lowest BCUT2D eigenvalue weighted by molar-refractivity contribution is 0.0963. The fourth-order valence-corrected chi connectivity index (χ4v) is 1.33. The summed E-state index contributed by atoms with van der Waals surface area (Å²) >= 11 is 5.92.